The molecule has 0 spiro atoms. The Morgan fingerprint density at radius 3 is 2.60 bits per heavy atom. The average molecular weight is 333 g/mol. The zero-order valence-corrected chi connectivity index (χ0v) is 14.2. The lowest BCUT2D eigenvalue weighted by molar-refractivity contribution is 0.102. The predicted molar refractivity (Wildman–Crippen MR) is 97.5 cm³/mol. The fourth-order valence-electron chi connectivity index (χ4n) is 2.26. The molecule has 0 atom stereocenters. The number of nitrogens with zero attached hydrogens (tertiary/aromatic N) is 3. The monoisotopic (exact) mass is 333 g/mol. The minimum atomic E-state index is -0.283. The molecule has 1 aromatic carbocycles. The van der Waals surface area contributed by atoms with Crippen LogP contribution in [0.1, 0.15) is 27.2 Å². The van der Waals surface area contributed by atoms with Crippen molar-refractivity contribution in [1.82, 2.24) is 15.2 Å². The summed E-state index contributed by atoms with van der Waals surface area (Å²) < 4.78 is 0. The van der Waals surface area contributed by atoms with E-state index < -0.39 is 0 Å². The van der Waals surface area contributed by atoms with Crippen molar-refractivity contribution >= 4 is 17.4 Å². The van der Waals surface area contributed by atoms with E-state index in [-0.39, 0.29) is 11.6 Å². The van der Waals surface area contributed by atoms with Crippen molar-refractivity contribution in [3.05, 3.63) is 77.2 Å². The molecular weight excluding hydrogens is 314 g/mol. The van der Waals surface area contributed by atoms with Gasteiger partial charge in [-0.05, 0) is 60.9 Å². The van der Waals surface area contributed by atoms with E-state index in [1.807, 2.05) is 44.2 Å². The van der Waals surface area contributed by atoms with Crippen LogP contribution in [0.5, 0.6) is 0 Å². The van der Waals surface area contributed by atoms with E-state index in [0.717, 1.165) is 16.8 Å². The van der Waals surface area contributed by atoms with Crippen molar-refractivity contribution in [2.45, 2.75) is 20.4 Å². The molecule has 0 bridgehead atoms. The molecule has 0 radical (unpaired) electrons. The van der Waals surface area contributed by atoms with Crippen molar-refractivity contribution in [1.29, 1.82) is 0 Å². The van der Waals surface area contributed by atoms with Crippen LogP contribution in [0, 0.1) is 13.8 Å². The third kappa shape index (κ3) is 4.38. The zero-order chi connectivity index (χ0) is 17.6. The summed E-state index contributed by atoms with van der Waals surface area (Å²) in [4.78, 5) is 16.3. The minimum Gasteiger partial charge on any atom is -0.364 e. The number of benzene rings is 1. The van der Waals surface area contributed by atoms with Gasteiger partial charge in [0, 0.05) is 24.6 Å². The maximum atomic E-state index is 12.3. The molecular formula is C19H19N5O. The lowest BCUT2D eigenvalue weighted by Crippen LogP contribution is -2.15. The molecule has 6 heteroatoms. The fourth-order valence-corrected chi connectivity index (χ4v) is 2.26. The Hall–Kier alpha value is -3.28. The highest BCUT2D eigenvalue weighted by molar-refractivity contribution is 6.02. The summed E-state index contributed by atoms with van der Waals surface area (Å²) in [6.45, 7) is 4.63. The van der Waals surface area contributed by atoms with Gasteiger partial charge >= 0.3 is 0 Å². The smallest absolute Gasteiger partial charge is 0.276 e. The Bertz CT molecular complexity index is 863. The van der Waals surface area contributed by atoms with Gasteiger partial charge in [-0.3, -0.25) is 9.78 Å². The second kappa shape index (κ2) is 7.53. The lowest BCUT2D eigenvalue weighted by Gasteiger charge is -2.08. The first-order chi connectivity index (χ1) is 12.1. The van der Waals surface area contributed by atoms with Crippen molar-refractivity contribution in [2.75, 3.05) is 10.6 Å². The van der Waals surface area contributed by atoms with Crippen LogP contribution in [-0.4, -0.2) is 21.1 Å². The third-order valence-electron chi connectivity index (χ3n) is 3.86. The first-order valence-corrected chi connectivity index (χ1v) is 7.97. The molecule has 0 aliphatic rings. The quantitative estimate of drug-likeness (QED) is 0.748. The first kappa shape index (κ1) is 16.6. The Morgan fingerprint density at radius 1 is 1.04 bits per heavy atom. The number of anilines is 2. The van der Waals surface area contributed by atoms with Crippen LogP contribution >= 0.6 is 0 Å². The predicted octanol–water partition coefficient (Wildman–Crippen LogP) is 3.35. The van der Waals surface area contributed by atoms with E-state index in [0.29, 0.717) is 12.4 Å². The van der Waals surface area contributed by atoms with Crippen LogP contribution in [0.4, 0.5) is 11.5 Å². The molecule has 0 fully saturated rings. The van der Waals surface area contributed by atoms with E-state index in [9.17, 15) is 4.79 Å². The van der Waals surface area contributed by atoms with E-state index in [2.05, 4.69) is 25.8 Å². The number of pyridine rings is 1. The molecule has 6 nitrogen and oxygen atoms in total. The van der Waals surface area contributed by atoms with Gasteiger partial charge in [-0.2, -0.15) is 0 Å². The van der Waals surface area contributed by atoms with Gasteiger partial charge < -0.3 is 10.6 Å². The normalized spacial score (nSPS) is 10.3. The Kier molecular flexibility index (Phi) is 4.99. The number of carbonyl (C=O) groups is 1. The van der Waals surface area contributed by atoms with E-state index in [4.69, 9.17) is 0 Å². The summed E-state index contributed by atoms with van der Waals surface area (Å²) in [6.07, 6.45) is 3.51. The van der Waals surface area contributed by atoms with Crippen molar-refractivity contribution in [3.8, 4) is 0 Å². The zero-order valence-electron chi connectivity index (χ0n) is 14.2. The molecule has 0 saturated heterocycles. The average Bonchev–Trinajstić information content (AvgIpc) is 2.64. The number of hydrogen-bond donors (Lipinski definition) is 2. The van der Waals surface area contributed by atoms with Gasteiger partial charge in [0.15, 0.2) is 5.69 Å². The highest BCUT2D eigenvalue weighted by Gasteiger charge is 2.09. The van der Waals surface area contributed by atoms with Gasteiger partial charge in [0.25, 0.3) is 5.91 Å². The highest BCUT2D eigenvalue weighted by atomic mass is 16.1. The molecule has 2 heterocycles. The number of aryl methyl sites for hydroxylation is 2. The number of hydrogen-bond acceptors (Lipinski definition) is 5. The Morgan fingerprint density at radius 2 is 1.92 bits per heavy atom. The lowest BCUT2D eigenvalue weighted by atomic mass is 10.1. The van der Waals surface area contributed by atoms with Gasteiger partial charge in [0.1, 0.15) is 5.82 Å². The topological polar surface area (TPSA) is 79.8 Å². The molecule has 3 aromatic rings. The van der Waals surface area contributed by atoms with Gasteiger partial charge in [0.2, 0.25) is 0 Å². The summed E-state index contributed by atoms with van der Waals surface area (Å²) in [5.41, 5.74) is 4.36. The molecule has 2 aromatic heterocycles. The van der Waals surface area contributed by atoms with Gasteiger partial charge in [-0.1, -0.05) is 12.1 Å². The molecule has 126 valence electrons. The molecule has 1 amide bonds. The number of amides is 1. The van der Waals surface area contributed by atoms with Gasteiger partial charge in [-0.25, -0.2) is 0 Å². The van der Waals surface area contributed by atoms with E-state index in [1.54, 1.807) is 24.5 Å². The summed E-state index contributed by atoms with van der Waals surface area (Å²) >= 11 is 0. The maximum absolute atomic E-state index is 12.3. The largest absolute Gasteiger partial charge is 0.364 e. The van der Waals surface area contributed by atoms with Crippen molar-refractivity contribution in [2.24, 2.45) is 0 Å². The standard InChI is InChI=1S/C19H19N5O/c1-13-5-6-16(10-14(13)2)22-19(25)17-7-8-18(24-23-17)21-12-15-4-3-9-20-11-15/h3-11H,12H2,1-2H3,(H,21,24)(H,22,25). The number of rotatable bonds is 5. The highest BCUT2D eigenvalue weighted by Crippen LogP contribution is 2.15. The summed E-state index contributed by atoms with van der Waals surface area (Å²) in [5.74, 6) is 0.321. The fraction of sp³-hybridized carbons (Fsp3) is 0.158. The van der Waals surface area contributed by atoms with Crippen LogP contribution in [0.3, 0.4) is 0 Å². The van der Waals surface area contributed by atoms with Crippen LogP contribution < -0.4 is 10.6 Å². The van der Waals surface area contributed by atoms with Crippen LogP contribution in [0.15, 0.2) is 54.9 Å². The molecule has 2 N–H and O–H groups in total. The second-order valence-electron chi connectivity index (χ2n) is 5.77. The number of carbonyl (C=O) groups excluding carboxylic acids is 1. The molecule has 25 heavy (non-hydrogen) atoms. The van der Waals surface area contributed by atoms with Crippen molar-refractivity contribution < 1.29 is 4.79 Å². The van der Waals surface area contributed by atoms with Gasteiger partial charge in [-0.15, -0.1) is 10.2 Å². The van der Waals surface area contributed by atoms with Crippen LogP contribution in [0.2, 0.25) is 0 Å². The molecule has 0 unspecified atom stereocenters. The Balaban J connectivity index is 1.61. The summed E-state index contributed by atoms with van der Waals surface area (Å²) in [7, 11) is 0. The molecule has 3 rings (SSSR count). The summed E-state index contributed by atoms with van der Waals surface area (Å²) in [5, 5.41) is 14.0. The summed E-state index contributed by atoms with van der Waals surface area (Å²) in [6, 6.07) is 13.0. The minimum absolute atomic E-state index is 0.269. The van der Waals surface area contributed by atoms with Crippen LogP contribution in [-0.2, 0) is 6.54 Å². The van der Waals surface area contributed by atoms with Crippen molar-refractivity contribution in [3.63, 3.8) is 0 Å². The molecule has 0 aliphatic carbocycles. The number of aromatic nitrogens is 3. The van der Waals surface area contributed by atoms with E-state index >= 15 is 0 Å². The SMILES string of the molecule is Cc1ccc(NC(=O)c2ccc(NCc3cccnc3)nn2)cc1C. The van der Waals surface area contributed by atoms with E-state index in [1.165, 1.54) is 5.56 Å². The van der Waals surface area contributed by atoms with Gasteiger partial charge in [0.05, 0.1) is 0 Å². The second-order valence-corrected chi connectivity index (χ2v) is 5.77. The Labute approximate surface area is 146 Å². The first-order valence-electron chi connectivity index (χ1n) is 7.97. The molecule has 0 saturated carbocycles. The number of nitrogens with one attached hydrogen (secondary N) is 2. The molecule has 0 aliphatic heterocycles. The third-order valence-corrected chi connectivity index (χ3v) is 3.86. The van der Waals surface area contributed by atoms with Crippen LogP contribution in [0.25, 0.3) is 0 Å². The maximum Gasteiger partial charge on any atom is 0.276 e.